The van der Waals surface area contributed by atoms with Gasteiger partial charge >= 0.3 is 0 Å². The molecule has 0 amide bonds. The molecular weight excluding hydrogens is 174 g/mol. The van der Waals surface area contributed by atoms with Crippen molar-refractivity contribution in [2.75, 3.05) is 6.54 Å². The highest BCUT2D eigenvalue weighted by atomic mass is 16.3. The van der Waals surface area contributed by atoms with Crippen LogP contribution in [0.4, 0.5) is 0 Å². The van der Waals surface area contributed by atoms with Crippen LogP contribution in [0.5, 0.6) is 5.75 Å². The molecule has 1 unspecified atom stereocenters. The Hall–Kier alpha value is -1.02. The minimum atomic E-state index is 0.103. The quantitative estimate of drug-likeness (QED) is 0.714. The van der Waals surface area contributed by atoms with Crippen molar-refractivity contribution >= 4 is 0 Å². The van der Waals surface area contributed by atoms with E-state index in [1.807, 2.05) is 12.1 Å². The Labute approximate surface area is 85.0 Å². The summed E-state index contributed by atoms with van der Waals surface area (Å²) in [5.74, 6) is 0.341. The van der Waals surface area contributed by atoms with Crippen LogP contribution in [0.15, 0.2) is 24.3 Å². The average molecular weight is 191 g/mol. The monoisotopic (exact) mass is 191 g/mol. The zero-order valence-corrected chi connectivity index (χ0v) is 8.59. The maximum atomic E-state index is 9.22. The lowest BCUT2D eigenvalue weighted by atomic mass is 9.84. The highest BCUT2D eigenvalue weighted by molar-refractivity contribution is 5.30. The molecule has 2 rings (SSSR count). The van der Waals surface area contributed by atoms with Gasteiger partial charge in [0.1, 0.15) is 5.75 Å². The fourth-order valence-electron chi connectivity index (χ4n) is 2.13. The molecule has 1 aliphatic heterocycles. The molecule has 14 heavy (non-hydrogen) atoms. The van der Waals surface area contributed by atoms with Gasteiger partial charge in [-0.05, 0) is 44.0 Å². The second-order valence-corrected chi connectivity index (χ2v) is 4.26. The lowest BCUT2D eigenvalue weighted by Crippen LogP contribution is -2.43. The predicted molar refractivity (Wildman–Crippen MR) is 57.3 cm³/mol. The molecule has 0 aromatic heterocycles. The van der Waals surface area contributed by atoms with Crippen molar-refractivity contribution in [1.82, 2.24) is 5.32 Å². The second-order valence-electron chi connectivity index (χ2n) is 4.26. The number of rotatable bonds is 1. The topological polar surface area (TPSA) is 32.3 Å². The van der Waals surface area contributed by atoms with Gasteiger partial charge in [0, 0.05) is 5.54 Å². The number of phenolic OH excluding ortho intramolecular Hbond substituents is 1. The van der Waals surface area contributed by atoms with E-state index < -0.39 is 0 Å². The van der Waals surface area contributed by atoms with Crippen molar-refractivity contribution in [1.29, 1.82) is 0 Å². The smallest absolute Gasteiger partial charge is 0.115 e. The van der Waals surface area contributed by atoms with Gasteiger partial charge in [0.15, 0.2) is 0 Å². The van der Waals surface area contributed by atoms with Gasteiger partial charge in [-0.3, -0.25) is 0 Å². The van der Waals surface area contributed by atoms with Crippen LogP contribution in [0, 0.1) is 0 Å². The molecule has 1 fully saturated rings. The summed E-state index contributed by atoms with van der Waals surface area (Å²) in [7, 11) is 0. The number of benzene rings is 1. The summed E-state index contributed by atoms with van der Waals surface area (Å²) in [5, 5.41) is 12.8. The first kappa shape index (κ1) is 9.53. The molecule has 0 bridgehead atoms. The van der Waals surface area contributed by atoms with Crippen LogP contribution in [0.3, 0.4) is 0 Å². The van der Waals surface area contributed by atoms with Crippen LogP contribution in [0.2, 0.25) is 0 Å². The van der Waals surface area contributed by atoms with Crippen molar-refractivity contribution < 1.29 is 5.11 Å². The van der Waals surface area contributed by atoms with Crippen LogP contribution >= 0.6 is 0 Å². The van der Waals surface area contributed by atoms with Crippen LogP contribution in [0.25, 0.3) is 0 Å². The third kappa shape index (κ3) is 1.75. The minimum Gasteiger partial charge on any atom is -0.508 e. The highest BCUT2D eigenvalue weighted by Gasteiger charge is 2.27. The molecule has 1 atom stereocenters. The van der Waals surface area contributed by atoms with Crippen molar-refractivity contribution in [3.63, 3.8) is 0 Å². The first-order valence-corrected chi connectivity index (χ1v) is 5.25. The largest absolute Gasteiger partial charge is 0.508 e. The second kappa shape index (κ2) is 3.62. The summed E-state index contributed by atoms with van der Waals surface area (Å²) in [6.45, 7) is 3.33. The number of hydrogen-bond acceptors (Lipinski definition) is 2. The average Bonchev–Trinajstić information content (AvgIpc) is 2.19. The summed E-state index contributed by atoms with van der Waals surface area (Å²) in [6, 6.07) is 7.54. The van der Waals surface area contributed by atoms with Crippen molar-refractivity contribution in [2.24, 2.45) is 0 Å². The van der Waals surface area contributed by atoms with E-state index in [0.717, 1.165) is 6.54 Å². The molecule has 2 nitrogen and oxygen atoms in total. The Morgan fingerprint density at radius 2 is 1.93 bits per heavy atom. The van der Waals surface area contributed by atoms with E-state index >= 15 is 0 Å². The number of nitrogens with one attached hydrogen (secondary N) is 1. The molecule has 76 valence electrons. The molecule has 0 saturated carbocycles. The lowest BCUT2D eigenvalue weighted by molar-refractivity contribution is 0.283. The molecule has 2 heteroatoms. The summed E-state index contributed by atoms with van der Waals surface area (Å²) >= 11 is 0. The van der Waals surface area contributed by atoms with E-state index in [4.69, 9.17) is 0 Å². The lowest BCUT2D eigenvalue weighted by Gasteiger charge is -2.35. The Kier molecular flexibility index (Phi) is 2.46. The first-order valence-electron chi connectivity index (χ1n) is 5.25. The molecule has 0 spiro atoms. The summed E-state index contributed by atoms with van der Waals surface area (Å²) in [6.07, 6.45) is 3.73. The zero-order chi connectivity index (χ0) is 10.0. The maximum Gasteiger partial charge on any atom is 0.115 e. The molecule has 0 aliphatic carbocycles. The van der Waals surface area contributed by atoms with E-state index in [1.165, 1.54) is 24.8 Å². The molecular formula is C12H17NO. The van der Waals surface area contributed by atoms with Gasteiger partial charge in [0.05, 0.1) is 0 Å². The minimum absolute atomic E-state index is 0.103. The standard InChI is InChI=1S/C12H17NO/c1-12(8-2-3-9-13-12)10-4-6-11(14)7-5-10/h4-7,13-14H,2-3,8-9H2,1H3. The van der Waals surface area contributed by atoms with Crippen molar-refractivity contribution in [2.45, 2.75) is 31.7 Å². The van der Waals surface area contributed by atoms with Crippen molar-refractivity contribution in [3.05, 3.63) is 29.8 Å². The summed E-state index contributed by atoms with van der Waals surface area (Å²) in [5.41, 5.74) is 1.38. The van der Waals surface area contributed by atoms with E-state index in [0.29, 0.717) is 5.75 Å². The molecule has 2 N–H and O–H groups in total. The predicted octanol–water partition coefficient (Wildman–Crippen LogP) is 2.38. The number of phenols is 1. The molecule has 1 heterocycles. The zero-order valence-electron chi connectivity index (χ0n) is 8.59. The Balaban J connectivity index is 2.23. The summed E-state index contributed by atoms with van der Waals surface area (Å²) in [4.78, 5) is 0. The van der Waals surface area contributed by atoms with E-state index in [9.17, 15) is 5.11 Å². The third-order valence-electron chi connectivity index (χ3n) is 3.12. The van der Waals surface area contributed by atoms with Crippen LogP contribution in [-0.4, -0.2) is 11.7 Å². The molecule has 0 radical (unpaired) electrons. The van der Waals surface area contributed by atoms with E-state index in [-0.39, 0.29) is 5.54 Å². The van der Waals surface area contributed by atoms with Gasteiger partial charge in [0.2, 0.25) is 0 Å². The van der Waals surface area contributed by atoms with Crippen LogP contribution in [0.1, 0.15) is 31.7 Å². The van der Waals surface area contributed by atoms with Gasteiger partial charge < -0.3 is 10.4 Å². The van der Waals surface area contributed by atoms with Crippen LogP contribution in [-0.2, 0) is 5.54 Å². The maximum absolute atomic E-state index is 9.22. The highest BCUT2D eigenvalue weighted by Crippen LogP contribution is 2.30. The van der Waals surface area contributed by atoms with Gasteiger partial charge in [-0.2, -0.15) is 0 Å². The van der Waals surface area contributed by atoms with Gasteiger partial charge in [-0.1, -0.05) is 18.6 Å². The van der Waals surface area contributed by atoms with Crippen molar-refractivity contribution in [3.8, 4) is 5.75 Å². The number of hydrogen-bond donors (Lipinski definition) is 2. The fraction of sp³-hybridized carbons (Fsp3) is 0.500. The molecule has 1 aliphatic rings. The summed E-state index contributed by atoms with van der Waals surface area (Å²) < 4.78 is 0. The number of piperidine rings is 1. The third-order valence-corrected chi connectivity index (χ3v) is 3.12. The molecule has 1 saturated heterocycles. The molecule has 1 aromatic rings. The van der Waals surface area contributed by atoms with E-state index in [2.05, 4.69) is 12.2 Å². The fourth-order valence-corrected chi connectivity index (χ4v) is 2.13. The van der Waals surface area contributed by atoms with Gasteiger partial charge in [-0.25, -0.2) is 0 Å². The Morgan fingerprint density at radius 3 is 2.50 bits per heavy atom. The number of aromatic hydroxyl groups is 1. The Morgan fingerprint density at radius 1 is 1.21 bits per heavy atom. The SMILES string of the molecule is CC1(c2ccc(O)cc2)CCCCN1. The first-order chi connectivity index (χ1) is 6.71. The molecule has 1 aromatic carbocycles. The van der Waals surface area contributed by atoms with Crippen LogP contribution < -0.4 is 5.32 Å². The van der Waals surface area contributed by atoms with Gasteiger partial charge in [0.25, 0.3) is 0 Å². The van der Waals surface area contributed by atoms with Gasteiger partial charge in [-0.15, -0.1) is 0 Å². The normalized spacial score (nSPS) is 27.5. The van der Waals surface area contributed by atoms with E-state index in [1.54, 1.807) is 12.1 Å². The Bertz CT molecular complexity index is 299.